The van der Waals surface area contributed by atoms with Crippen LogP contribution in [0.5, 0.6) is 0 Å². The molecule has 0 fully saturated rings. The monoisotopic (exact) mass is 291 g/mol. The molecule has 0 aliphatic carbocycles. The van der Waals surface area contributed by atoms with Crippen molar-refractivity contribution in [3.63, 3.8) is 0 Å². The Balaban J connectivity index is 2.14. The minimum atomic E-state index is 0.295. The number of aromatic nitrogens is 2. The molecule has 0 saturated heterocycles. The van der Waals surface area contributed by atoms with E-state index in [9.17, 15) is 0 Å². The van der Waals surface area contributed by atoms with E-state index in [-0.39, 0.29) is 0 Å². The summed E-state index contributed by atoms with van der Waals surface area (Å²) in [6.07, 6.45) is 0. The van der Waals surface area contributed by atoms with Crippen molar-refractivity contribution in [1.82, 2.24) is 9.97 Å². The van der Waals surface area contributed by atoms with E-state index in [1.807, 2.05) is 18.2 Å². The molecule has 3 nitrogen and oxygen atoms in total. The fourth-order valence-corrected chi connectivity index (χ4v) is 2.45. The van der Waals surface area contributed by atoms with Gasteiger partial charge in [-0.25, -0.2) is 9.97 Å². The normalized spacial score (nSPS) is 11.1. The Morgan fingerprint density at radius 3 is 2.50 bits per heavy atom. The van der Waals surface area contributed by atoms with Crippen LogP contribution in [0.15, 0.2) is 42.5 Å². The molecule has 2 aromatic carbocycles. The minimum Gasteiger partial charge on any atom is -0.339 e. The van der Waals surface area contributed by atoms with Gasteiger partial charge in [-0.2, -0.15) is 0 Å². The second-order valence-electron chi connectivity index (χ2n) is 6.05. The van der Waals surface area contributed by atoms with Crippen LogP contribution in [0.4, 0.5) is 11.5 Å². The number of nitrogens with zero attached hydrogens (tertiary/aromatic N) is 2. The number of rotatable bonds is 3. The topological polar surface area (TPSA) is 37.8 Å². The van der Waals surface area contributed by atoms with E-state index in [2.05, 4.69) is 62.3 Å². The Morgan fingerprint density at radius 2 is 1.73 bits per heavy atom. The summed E-state index contributed by atoms with van der Waals surface area (Å²) in [5, 5.41) is 4.55. The van der Waals surface area contributed by atoms with Gasteiger partial charge in [0.1, 0.15) is 11.6 Å². The number of nitrogens with one attached hydrogen (secondary N) is 1. The van der Waals surface area contributed by atoms with Gasteiger partial charge in [0, 0.05) is 17.0 Å². The van der Waals surface area contributed by atoms with Gasteiger partial charge < -0.3 is 5.32 Å². The summed E-state index contributed by atoms with van der Waals surface area (Å²) in [5.74, 6) is 2.04. The summed E-state index contributed by atoms with van der Waals surface area (Å²) in [6.45, 7) is 8.44. The Bertz CT molecular complexity index is 822. The van der Waals surface area contributed by atoms with Crippen molar-refractivity contribution in [3.8, 4) is 0 Å². The van der Waals surface area contributed by atoms with Gasteiger partial charge in [0.15, 0.2) is 0 Å². The minimum absolute atomic E-state index is 0.295. The maximum absolute atomic E-state index is 4.74. The Hall–Kier alpha value is -2.42. The SMILES string of the molecule is Cc1ccc(C)c(Nc2nc(C(C)C)nc3ccccc23)c1. The molecule has 0 bridgehead atoms. The third kappa shape index (κ3) is 2.80. The average molecular weight is 291 g/mol. The van der Waals surface area contributed by atoms with Gasteiger partial charge in [0.2, 0.25) is 0 Å². The molecule has 0 spiro atoms. The van der Waals surface area contributed by atoms with Crippen LogP contribution in [0.1, 0.15) is 36.7 Å². The molecule has 0 saturated carbocycles. The third-order valence-corrected chi connectivity index (χ3v) is 3.78. The van der Waals surface area contributed by atoms with Crippen LogP contribution in [0, 0.1) is 13.8 Å². The molecule has 3 rings (SSSR count). The predicted octanol–water partition coefficient (Wildman–Crippen LogP) is 5.11. The molecule has 0 atom stereocenters. The van der Waals surface area contributed by atoms with Gasteiger partial charge in [-0.05, 0) is 43.2 Å². The lowest BCUT2D eigenvalue weighted by molar-refractivity contribution is 0.785. The molecule has 1 aromatic heterocycles. The van der Waals surface area contributed by atoms with Crippen molar-refractivity contribution in [3.05, 3.63) is 59.4 Å². The molecule has 3 heteroatoms. The van der Waals surface area contributed by atoms with E-state index in [0.29, 0.717) is 5.92 Å². The first-order valence-corrected chi connectivity index (χ1v) is 7.65. The molecule has 3 aromatic rings. The van der Waals surface area contributed by atoms with E-state index in [1.54, 1.807) is 0 Å². The van der Waals surface area contributed by atoms with Crippen molar-refractivity contribution >= 4 is 22.4 Å². The maximum Gasteiger partial charge on any atom is 0.142 e. The van der Waals surface area contributed by atoms with Gasteiger partial charge in [-0.1, -0.05) is 38.1 Å². The van der Waals surface area contributed by atoms with E-state index >= 15 is 0 Å². The largest absolute Gasteiger partial charge is 0.339 e. The van der Waals surface area contributed by atoms with Crippen LogP contribution in [0.25, 0.3) is 10.9 Å². The van der Waals surface area contributed by atoms with Crippen LogP contribution in [-0.4, -0.2) is 9.97 Å². The van der Waals surface area contributed by atoms with Crippen molar-refractivity contribution < 1.29 is 0 Å². The first-order chi connectivity index (χ1) is 10.5. The molecule has 22 heavy (non-hydrogen) atoms. The Labute approximate surface area is 131 Å². The van der Waals surface area contributed by atoms with Gasteiger partial charge in [-0.15, -0.1) is 0 Å². The number of fused-ring (bicyclic) bond motifs is 1. The highest BCUT2D eigenvalue weighted by Gasteiger charge is 2.11. The van der Waals surface area contributed by atoms with Gasteiger partial charge in [-0.3, -0.25) is 0 Å². The summed E-state index contributed by atoms with van der Waals surface area (Å²) in [5.41, 5.74) is 4.52. The van der Waals surface area contributed by atoms with E-state index in [0.717, 1.165) is 28.2 Å². The third-order valence-electron chi connectivity index (χ3n) is 3.78. The van der Waals surface area contributed by atoms with Crippen LogP contribution < -0.4 is 5.32 Å². The number of para-hydroxylation sites is 1. The lowest BCUT2D eigenvalue weighted by Crippen LogP contribution is -2.04. The molecule has 112 valence electrons. The Kier molecular flexibility index (Phi) is 3.80. The number of hydrogen-bond donors (Lipinski definition) is 1. The fraction of sp³-hybridized carbons (Fsp3) is 0.263. The zero-order chi connectivity index (χ0) is 15.7. The smallest absolute Gasteiger partial charge is 0.142 e. The summed E-state index contributed by atoms with van der Waals surface area (Å²) in [4.78, 5) is 9.41. The van der Waals surface area contributed by atoms with Gasteiger partial charge in [0.25, 0.3) is 0 Å². The van der Waals surface area contributed by atoms with E-state index in [4.69, 9.17) is 4.98 Å². The summed E-state index contributed by atoms with van der Waals surface area (Å²) < 4.78 is 0. The highest BCUT2D eigenvalue weighted by atomic mass is 15.0. The van der Waals surface area contributed by atoms with Crippen LogP contribution in [0.3, 0.4) is 0 Å². The molecule has 1 heterocycles. The number of aryl methyl sites for hydroxylation is 2. The molecule has 1 N–H and O–H groups in total. The lowest BCUT2D eigenvalue weighted by Gasteiger charge is -2.14. The zero-order valence-corrected chi connectivity index (χ0v) is 13.5. The highest BCUT2D eigenvalue weighted by Crippen LogP contribution is 2.27. The van der Waals surface area contributed by atoms with Crippen LogP contribution in [-0.2, 0) is 0 Å². The quantitative estimate of drug-likeness (QED) is 0.728. The molecule has 0 amide bonds. The van der Waals surface area contributed by atoms with Crippen LogP contribution in [0.2, 0.25) is 0 Å². The molecular formula is C19H21N3. The summed E-state index contributed by atoms with van der Waals surface area (Å²) >= 11 is 0. The average Bonchev–Trinajstić information content (AvgIpc) is 2.50. The number of anilines is 2. The number of hydrogen-bond acceptors (Lipinski definition) is 3. The first-order valence-electron chi connectivity index (χ1n) is 7.65. The van der Waals surface area contributed by atoms with E-state index in [1.165, 1.54) is 11.1 Å². The molecule has 0 radical (unpaired) electrons. The molecule has 0 unspecified atom stereocenters. The summed E-state index contributed by atoms with van der Waals surface area (Å²) in [6, 6.07) is 14.5. The van der Waals surface area contributed by atoms with Crippen LogP contribution >= 0.6 is 0 Å². The standard InChI is InChI=1S/C19H21N3/c1-12(2)18-20-16-8-6-5-7-15(16)19(22-18)21-17-11-13(3)9-10-14(17)4/h5-12H,1-4H3,(H,20,21,22). The second kappa shape index (κ2) is 5.76. The van der Waals surface area contributed by atoms with Crippen molar-refractivity contribution in [2.45, 2.75) is 33.6 Å². The fourth-order valence-electron chi connectivity index (χ4n) is 2.45. The number of benzene rings is 2. The van der Waals surface area contributed by atoms with Gasteiger partial charge >= 0.3 is 0 Å². The maximum atomic E-state index is 4.74. The first kappa shape index (κ1) is 14.5. The highest BCUT2D eigenvalue weighted by molar-refractivity contribution is 5.91. The van der Waals surface area contributed by atoms with Gasteiger partial charge in [0.05, 0.1) is 5.52 Å². The summed E-state index contributed by atoms with van der Waals surface area (Å²) in [7, 11) is 0. The van der Waals surface area contributed by atoms with Crippen molar-refractivity contribution in [2.75, 3.05) is 5.32 Å². The molecule has 0 aliphatic rings. The van der Waals surface area contributed by atoms with E-state index < -0.39 is 0 Å². The predicted molar refractivity (Wildman–Crippen MR) is 92.8 cm³/mol. The lowest BCUT2D eigenvalue weighted by atomic mass is 10.1. The molecule has 0 aliphatic heterocycles. The zero-order valence-electron chi connectivity index (χ0n) is 13.5. The Morgan fingerprint density at radius 1 is 0.955 bits per heavy atom. The second-order valence-corrected chi connectivity index (χ2v) is 6.05. The van der Waals surface area contributed by atoms with Crippen molar-refractivity contribution in [1.29, 1.82) is 0 Å². The van der Waals surface area contributed by atoms with Crippen molar-refractivity contribution in [2.24, 2.45) is 0 Å². The molecular weight excluding hydrogens is 270 g/mol.